The van der Waals surface area contributed by atoms with Crippen LogP contribution in [0.4, 0.5) is 18.9 Å². The second-order valence-corrected chi connectivity index (χ2v) is 7.32. The largest absolute Gasteiger partial charge is 0.418 e. The number of tetrazole rings is 1. The molecular weight excluding hydrogens is 379 g/mol. The molecule has 1 aliphatic rings. The number of halogens is 4. The average Bonchev–Trinajstić information content (AvgIpc) is 3.28. The number of hydrogen-bond donors (Lipinski definition) is 1. The Hall–Kier alpha value is -1.81. The molecule has 1 N–H and O–H groups in total. The number of benzene rings is 1. The van der Waals surface area contributed by atoms with E-state index in [0.717, 1.165) is 36.7 Å². The molecule has 25 heavy (non-hydrogen) atoms. The lowest BCUT2D eigenvalue weighted by atomic mass is 10.1. The summed E-state index contributed by atoms with van der Waals surface area (Å²) in [6, 6.07) is 3.44. The van der Waals surface area contributed by atoms with Crippen molar-refractivity contribution in [3.63, 3.8) is 0 Å². The van der Waals surface area contributed by atoms with Gasteiger partial charge in [0.2, 0.25) is 11.1 Å². The number of hydrogen-bond acceptors (Lipinski definition) is 5. The summed E-state index contributed by atoms with van der Waals surface area (Å²) in [5.74, 6) is -0.580. The minimum Gasteiger partial charge on any atom is -0.325 e. The number of alkyl halides is 3. The molecular formula is C14H13ClF3N5OS. The lowest BCUT2D eigenvalue weighted by Gasteiger charge is -2.16. The molecule has 11 heteroatoms. The maximum Gasteiger partial charge on any atom is 0.418 e. The highest BCUT2D eigenvalue weighted by Crippen LogP contribution is 2.38. The number of carbonyl (C=O) groups is 1. The second-order valence-electron chi connectivity index (χ2n) is 5.57. The highest BCUT2D eigenvalue weighted by atomic mass is 35.5. The van der Waals surface area contributed by atoms with Gasteiger partial charge in [0, 0.05) is 5.02 Å². The van der Waals surface area contributed by atoms with Crippen LogP contribution in [0.5, 0.6) is 0 Å². The second kappa shape index (κ2) is 6.83. The Balaban J connectivity index is 1.72. The number of carbonyl (C=O) groups excluding carboxylic acids is 1. The zero-order valence-corrected chi connectivity index (χ0v) is 14.5. The maximum absolute atomic E-state index is 13.1. The van der Waals surface area contributed by atoms with Crippen LogP contribution in [0.15, 0.2) is 23.4 Å². The van der Waals surface area contributed by atoms with E-state index >= 15 is 0 Å². The molecule has 0 bridgehead atoms. The fourth-order valence-corrected chi connectivity index (χ4v) is 3.15. The van der Waals surface area contributed by atoms with E-state index in [4.69, 9.17) is 11.6 Å². The number of nitrogens with one attached hydrogen (secondary N) is 1. The number of aromatic nitrogens is 4. The fraction of sp³-hybridized carbons (Fsp3) is 0.429. The predicted octanol–water partition coefficient (Wildman–Crippen LogP) is 3.80. The van der Waals surface area contributed by atoms with E-state index in [0.29, 0.717) is 5.16 Å². The summed E-state index contributed by atoms with van der Waals surface area (Å²) in [7, 11) is 0. The first kappa shape index (κ1) is 18.0. The summed E-state index contributed by atoms with van der Waals surface area (Å²) >= 11 is 6.72. The Morgan fingerprint density at radius 3 is 2.80 bits per heavy atom. The molecule has 1 atom stereocenters. The quantitative estimate of drug-likeness (QED) is 0.785. The van der Waals surface area contributed by atoms with Gasteiger partial charge >= 0.3 is 6.18 Å². The molecule has 1 aromatic carbocycles. The SMILES string of the molecule is CC(Sc1nnnn1C1CC1)C(=O)Nc1ccc(Cl)cc1C(F)(F)F. The summed E-state index contributed by atoms with van der Waals surface area (Å²) in [4.78, 5) is 12.3. The standard InChI is InChI=1S/C14H13ClF3N5OS/c1-7(25-13-20-21-22-23(13)9-3-4-9)12(24)19-11-5-2-8(15)6-10(11)14(16,17)18/h2,5-7,9H,3-4H2,1H3,(H,19,24). The van der Waals surface area contributed by atoms with Gasteiger partial charge in [-0.05, 0) is 48.4 Å². The van der Waals surface area contributed by atoms with Gasteiger partial charge in [-0.15, -0.1) is 5.10 Å². The summed E-state index contributed by atoms with van der Waals surface area (Å²) in [5, 5.41) is 13.4. The Morgan fingerprint density at radius 1 is 1.44 bits per heavy atom. The van der Waals surface area contributed by atoms with Crippen molar-refractivity contribution in [2.45, 2.75) is 42.4 Å². The third-order valence-electron chi connectivity index (χ3n) is 3.55. The number of anilines is 1. The predicted molar refractivity (Wildman–Crippen MR) is 86.5 cm³/mol. The van der Waals surface area contributed by atoms with E-state index in [9.17, 15) is 18.0 Å². The highest BCUT2D eigenvalue weighted by Gasteiger charge is 2.35. The third-order valence-corrected chi connectivity index (χ3v) is 4.83. The molecule has 1 fully saturated rings. The molecule has 1 aromatic heterocycles. The molecule has 1 unspecified atom stereocenters. The fourth-order valence-electron chi connectivity index (χ4n) is 2.12. The van der Waals surface area contributed by atoms with Crippen LogP contribution in [0.3, 0.4) is 0 Å². The van der Waals surface area contributed by atoms with Gasteiger partial charge in [-0.3, -0.25) is 4.79 Å². The van der Waals surface area contributed by atoms with Crippen LogP contribution in [0.2, 0.25) is 5.02 Å². The van der Waals surface area contributed by atoms with Crippen LogP contribution in [-0.2, 0) is 11.0 Å². The van der Waals surface area contributed by atoms with Crippen molar-refractivity contribution in [1.82, 2.24) is 20.2 Å². The van der Waals surface area contributed by atoms with Crippen LogP contribution in [0.25, 0.3) is 0 Å². The van der Waals surface area contributed by atoms with Crippen molar-refractivity contribution in [3.8, 4) is 0 Å². The Morgan fingerprint density at radius 2 is 2.16 bits per heavy atom. The molecule has 2 aromatic rings. The number of nitrogens with zero attached hydrogens (tertiary/aromatic N) is 4. The first-order chi connectivity index (χ1) is 11.8. The first-order valence-corrected chi connectivity index (χ1v) is 8.63. The molecule has 1 amide bonds. The molecule has 1 saturated carbocycles. The summed E-state index contributed by atoms with van der Waals surface area (Å²) in [6.45, 7) is 1.58. The van der Waals surface area contributed by atoms with E-state index in [2.05, 4.69) is 20.8 Å². The van der Waals surface area contributed by atoms with Gasteiger partial charge in [-0.25, -0.2) is 4.68 Å². The van der Waals surface area contributed by atoms with Crippen LogP contribution >= 0.6 is 23.4 Å². The van der Waals surface area contributed by atoms with E-state index in [1.165, 1.54) is 6.07 Å². The average molecular weight is 392 g/mol. The van der Waals surface area contributed by atoms with E-state index in [1.807, 2.05) is 0 Å². The van der Waals surface area contributed by atoms with Gasteiger partial charge in [0.25, 0.3) is 0 Å². The Bertz CT molecular complexity index is 793. The van der Waals surface area contributed by atoms with E-state index in [-0.39, 0.29) is 16.8 Å². The maximum atomic E-state index is 13.1. The van der Waals surface area contributed by atoms with Gasteiger partial charge in [-0.2, -0.15) is 13.2 Å². The molecule has 1 heterocycles. The van der Waals surface area contributed by atoms with Crippen molar-refractivity contribution in [3.05, 3.63) is 28.8 Å². The number of thioether (sulfide) groups is 1. The highest BCUT2D eigenvalue weighted by molar-refractivity contribution is 8.00. The Labute approximate surface area is 150 Å². The molecule has 1 aliphatic carbocycles. The van der Waals surface area contributed by atoms with Crippen molar-refractivity contribution >= 4 is 35.0 Å². The monoisotopic (exact) mass is 391 g/mol. The minimum atomic E-state index is -4.63. The minimum absolute atomic E-state index is 0.0589. The van der Waals surface area contributed by atoms with Gasteiger partial charge in [0.05, 0.1) is 22.5 Å². The zero-order valence-electron chi connectivity index (χ0n) is 12.9. The smallest absolute Gasteiger partial charge is 0.325 e. The van der Waals surface area contributed by atoms with Crippen molar-refractivity contribution in [2.24, 2.45) is 0 Å². The molecule has 3 rings (SSSR count). The summed E-state index contributed by atoms with van der Waals surface area (Å²) in [6.07, 6.45) is -2.68. The molecule has 6 nitrogen and oxygen atoms in total. The zero-order chi connectivity index (χ0) is 18.2. The van der Waals surface area contributed by atoms with Crippen molar-refractivity contribution in [2.75, 3.05) is 5.32 Å². The van der Waals surface area contributed by atoms with E-state index < -0.39 is 22.9 Å². The van der Waals surface area contributed by atoms with Gasteiger partial charge in [0.1, 0.15) is 0 Å². The lowest BCUT2D eigenvalue weighted by Crippen LogP contribution is -2.24. The van der Waals surface area contributed by atoms with Crippen LogP contribution in [0.1, 0.15) is 31.4 Å². The van der Waals surface area contributed by atoms with Crippen molar-refractivity contribution < 1.29 is 18.0 Å². The van der Waals surface area contributed by atoms with Crippen LogP contribution in [0, 0.1) is 0 Å². The van der Waals surface area contributed by atoms with Gasteiger partial charge in [-0.1, -0.05) is 23.4 Å². The molecule has 0 saturated heterocycles. The normalized spacial score (nSPS) is 15.9. The topological polar surface area (TPSA) is 72.7 Å². The Kier molecular flexibility index (Phi) is 4.92. The van der Waals surface area contributed by atoms with Crippen LogP contribution < -0.4 is 5.32 Å². The third kappa shape index (κ3) is 4.24. The van der Waals surface area contributed by atoms with Crippen LogP contribution in [-0.4, -0.2) is 31.4 Å². The summed E-state index contributed by atoms with van der Waals surface area (Å²) < 4.78 is 40.9. The number of amides is 1. The lowest BCUT2D eigenvalue weighted by molar-refractivity contribution is -0.137. The molecule has 0 spiro atoms. The van der Waals surface area contributed by atoms with Gasteiger partial charge in [0.15, 0.2) is 0 Å². The molecule has 134 valence electrons. The van der Waals surface area contributed by atoms with Gasteiger partial charge < -0.3 is 5.32 Å². The molecule has 0 radical (unpaired) electrons. The molecule has 0 aliphatic heterocycles. The summed E-state index contributed by atoms with van der Waals surface area (Å²) in [5.41, 5.74) is -1.33. The number of rotatable bonds is 5. The van der Waals surface area contributed by atoms with Crippen molar-refractivity contribution in [1.29, 1.82) is 0 Å². The first-order valence-electron chi connectivity index (χ1n) is 7.38. The van der Waals surface area contributed by atoms with E-state index in [1.54, 1.807) is 11.6 Å².